The zero-order valence-electron chi connectivity index (χ0n) is 22.3. The van der Waals surface area contributed by atoms with Gasteiger partial charge in [-0.3, -0.25) is 4.99 Å². The van der Waals surface area contributed by atoms with Crippen molar-refractivity contribution in [2.45, 2.75) is 6.54 Å². The number of nitrogens with one attached hydrogen (secondary N) is 1. The first-order valence-electron chi connectivity index (χ1n) is 11.1. The van der Waals surface area contributed by atoms with Crippen molar-refractivity contribution >= 4 is 34.9 Å². The quantitative estimate of drug-likeness (QED) is 0.344. The van der Waals surface area contributed by atoms with Crippen molar-refractivity contribution in [3.63, 3.8) is 0 Å². The molecule has 0 radical (unpaired) electrons. The van der Waals surface area contributed by atoms with E-state index in [-0.39, 0.29) is 65.8 Å². The molecule has 39 heavy (non-hydrogen) atoms. The molecule has 0 fully saturated rings. The van der Waals surface area contributed by atoms with Crippen molar-refractivity contribution in [2.75, 3.05) is 19.5 Å². The molecule has 0 spiro atoms. The Morgan fingerprint density at radius 3 is 2.56 bits per heavy atom. The number of aliphatic imine (C=N–C) groups is 1. The second-order valence-corrected chi connectivity index (χ2v) is 8.52. The van der Waals surface area contributed by atoms with Crippen LogP contribution in [0.15, 0.2) is 65.8 Å². The van der Waals surface area contributed by atoms with Crippen LogP contribution in [0.1, 0.15) is 28.5 Å². The van der Waals surface area contributed by atoms with Gasteiger partial charge in [0.25, 0.3) is 0 Å². The van der Waals surface area contributed by atoms with Gasteiger partial charge in [-0.15, -0.1) is 0 Å². The number of halogens is 2. The van der Waals surface area contributed by atoms with Crippen LogP contribution in [0.3, 0.4) is 0 Å². The van der Waals surface area contributed by atoms with Crippen LogP contribution in [-0.4, -0.2) is 46.5 Å². The number of aromatic nitrogens is 2. The molecule has 2 heterocycles. The second kappa shape index (κ2) is 12.5. The third-order valence-electron chi connectivity index (χ3n) is 5.88. The van der Waals surface area contributed by atoms with Crippen LogP contribution in [0.25, 0.3) is 11.3 Å². The normalized spacial score (nSPS) is 11.4. The van der Waals surface area contributed by atoms with Crippen LogP contribution in [-0.2, 0) is 6.54 Å². The fourth-order valence-electron chi connectivity index (χ4n) is 4.18. The SMILES string of the molecule is COc1cc(Nc2ncc3c(n2)-c2ccc(Cl)cc2C(c2c(F)cccc2OC)=NC3)ccc1C(=O)O.O.[H-].[Na+]. The van der Waals surface area contributed by atoms with Gasteiger partial charge in [0.05, 0.1) is 37.7 Å². The molecule has 1 aromatic heterocycles. The van der Waals surface area contributed by atoms with Crippen molar-refractivity contribution in [3.8, 4) is 22.8 Å². The molecule has 0 aliphatic carbocycles. The van der Waals surface area contributed by atoms with E-state index in [0.717, 1.165) is 5.56 Å². The van der Waals surface area contributed by atoms with E-state index in [1.807, 2.05) is 6.07 Å². The Hall–Kier alpha value is -3.54. The van der Waals surface area contributed by atoms with Gasteiger partial charge in [0.15, 0.2) is 0 Å². The third kappa shape index (κ3) is 5.90. The summed E-state index contributed by atoms with van der Waals surface area (Å²) in [7, 11) is 2.87. The Morgan fingerprint density at radius 1 is 1.08 bits per heavy atom. The van der Waals surface area contributed by atoms with E-state index >= 15 is 4.39 Å². The second-order valence-electron chi connectivity index (χ2n) is 8.08. The predicted octanol–water partition coefficient (Wildman–Crippen LogP) is 2.04. The third-order valence-corrected chi connectivity index (χ3v) is 6.12. The van der Waals surface area contributed by atoms with Gasteiger partial charge in [-0.1, -0.05) is 23.7 Å². The molecule has 196 valence electrons. The van der Waals surface area contributed by atoms with E-state index < -0.39 is 11.8 Å². The summed E-state index contributed by atoms with van der Waals surface area (Å²) in [5, 5.41) is 12.9. The van der Waals surface area contributed by atoms with Crippen LogP contribution in [0.5, 0.6) is 11.5 Å². The Balaban J connectivity index is 0.00000187. The van der Waals surface area contributed by atoms with Crippen molar-refractivity contribution in [3.05, 3.63) is 93.9 Å². The number of ether oxygens (including phenoxy) is 2. The molecule has 9 nitrogen and oxygen atoms in total. The molecule has 0 bridgehead atoms. The van der Waals surface area contributed by atoms with Gasteiger partial charge < -0.3 is 26.8 Å². The number of aromatic carboxylic acids is 1. The number of fused-ring (bicyclic) bond motifs is 3. The minimum atomic E-state index is -1.10. The van der Waals surface area contributed by atoms with Gasteiger partial charge in [0, 0.05) is 39.7 Å². The number of nitrogens with zero attached hydrogens (tertiary/aromatic N) is 3. The van der Waals surface area contributed by atoms with Crippen LogP contribution >= 0.6 is 11.6 Å². The molecule has 0 amide bonds. The minimum absolute atomic E-state index is 0. The van der Waals surface area contributed by atoms with Crippen molar-refractivity contribution in [1.82, 2.24) is 9.97 Å². The Bertz CT molecular complexity index is 1590. The molecular formula is C27H23ClFN4NaO5. The number of hydrogen-bond donors (Lipinski definition) is 2. The maximum absolute atomic E-state index is 15.0. The number of carboxylic acids is 1. The molecule has 4 N–H and O–H groups in total. The summed E-state index contributed by atoms with van der Waals surface area (Å²) in [5.74, 6) is -0.743. The number of carbonyl (C=O) groups is 1. The Morgan fingerprint density at radius 2 is 1.85 bits per heavy atom. The molecule has 0 unspecified atom stereocenters. The van der Waals surface area contributed by atoms with Crippen LogP contribution in [0.2, 0.25) is 5.02 Å². The number of methoxy groups -OCH3 is 2. The molecule has 4 aromatic rings. The fourth-order valence-corrected chi connectivity index (χ4v) is 4.35. The van der Waals surface area contributed by atoms with E-state index in [1.165, 1.54) is 26.4 Å². The number of anilines is 2. The predicted molar refractivity (Wildman–Crippen MR) is 143 cm³/mol. The Kier molecular flexibility index (Phi) is 9.65. The topological polar surface area (TPSA) is 137 Å². The molecule has 0 saturated carbocycles. The first kappa shape index (κ1) is 30.0. The van der Waals surface area contributed by atoms with E-state index in [0.29, 0.717) is 39.0 Å². The molecule has 0 atom stereocenters. The van der Waals surface area contributed by atoms with Crippen molar-refractivity contribution < 1.29 is 60.2 Å². The van der Waals surface area contributed by atoms with Gasteiger partial charge in [-0.05, 0) is 36.4 Å². The zero-order chi connectivity index (χ0) is 26.1. The van der Waals surface area contributed by atoms with Crippen molar-refractivity contribution in [1.29, 1.82) is 0 Å². The first-order valence-corrected chi connectivity index (χ1v) is 11.5. The van der Waals surface area contributed by atoms with Gasteiger partial charge in [-0.2, -0.15) is 0 Å². The first-order chi connectivity index (χ1) is 17.9. The summed E-state index contributed by atoms with van der Waals surface area (Å²) < 4.78 is 25.7. The maximum Gasteiger partial charge on any atom is 1.00 e. The molecule has 3 aromatic carbocycles. The summed E-state index contributed by atoms with van der Waals surface area (Å²) in [6, 6.07) is 14.5. The minimum Gasteiger partial charge on any atom is -1.00 e. The summed E-state index contributed by atoms with van der Waals surface area (Å²) in [6.07, 6.45) is 1.65. The molecule has 12 heteroatoms. The molecule has 0 saturated heterocycles. The van der Waals surface area contributed by atoms with Gasteiger partial charge in [0.1, 0.15) is 22.9 Å². The number of carboxylic acid groups (broad SMARTS) is 1. The number of benzene rings is 3. The summed E-state index contributed by atoms with van der Waals surface area (Å²) in [4.78, 5) is 25.2. The van der Waals surface area contributed by atoms with E-state index in [2.05, 4.69) is 10.3 Å². The zero-order valence-corrected chi connectivity index (χ0v) is 24.0. The van der Waals surface area contributed by atoms with E-state index in [4.69, 9.17) is 31.1 Å². The van der Waals surface area contributed by atoms with Crippen LogP contribution < -0.4 is 44.3 Å². The van der Waals surface area contributed by atoms with Gasteiger partial charge in [0.2, 0.25) is 5.95 Å². The van der Waals surface area contributed by atoms with E-state index in [1.54, 1.807) is 42.6 Å². The van der Waals surface area contributed by atoms with Gasteiger partial charge in [-0.25, -0.2) is 19.2 Å². The number of rotatable bonds is 6. The molecule has 5 rings (SSSR count). The monoisotopic (exact) mass is 560 g/mol. The summed E-state index contributed by atoms with van der Waals surface area (Å²) in [6.45, 7) is 0.204. The summed E-state index contributed by atoms with van der Waals surface area (Å²) in [5.41, 5.74) is 3.85. The van der Waals surface area contributed by atoms with Crippen LogP contribution in [0, 0.1) is 5.82 Å². The van der Waals surface area contributed by atoms with Crippen molar-refractivity contribution in [2.24, 2.45) is 4.99 Å². The van der Waals surface area contributed by atoms with Crippen LogP contribution in [0.4, 0.5) is 16.0 Å². The summed E-state index contributed by atoms with van der Waals surface area (Å²) >= 11 is 6.35. The van der Waals surface area contributed by atoms with Gasteiger partial charge >= 0.3 is 35.5 Å². The molecular weight excluding hydrogens is 538 g/mol. The maximum atomic E-state index is 15.0. The Labute approximate surface area is 251 Å². The van der Waals surface area contributed by atoms with E-state index in [9.17, 15) is 9.90 Å². The molecule has 1 aliphatic heterocycles. The smallest absolute Gasteiger partial charge is 1.00 e. The fraction of sp³-hybridized carbons (Fsp3) is 0.111. The standard InChI is InChI=1S/C27H20ClFN4O4.Na.H2O.H/c1-36-21-5-3-4-20(29)23(21)25-19-10-15(28)6-8-17(19)24-14(12-30-25)13-31-27(33-24)32-16-7-9-18(26(34)35)22(11-16)37-2;;;/h3-11,13H,12H2,1-2H3,(H,34,35)(H,31,32,33);;1H2;/q;+1;;-1. The number of hydrogen-bond acceptors (Lipinski definition) is 7. The average molecular weight is 561 g/mol. The largest absolute Gasteiger partial charge is 1.00 e. The average Bonchev–Trinajstić information content (AvgIpc) is 3.04. The molecule has 1 aliphatic rings.